The SMILES string of the molecule is CN(Cc1nc2sc(-c3ccccc3)cc2c(=O)[nH]1)c1ccccc1. The van der Waals surface area contributed by atoms with Crippen LogP contribution in [-0.4, -0.2) is 17.0 Å². The predicted molar refractivity (Wildman–Crippen MR) is 104 cm³/mol. The fraction of sp³-hybridized carbons (Fsp3) is 0.100. The van der Waals surface area contributed by atoms with Gasteiger partial charge in [-0.1, -0.05) is 48.5 Å². The average molecular weight is 347 g/mol. The maximum Gasteiger partial charge on any atom is 0.259 e. The lowest BCUT2D eigenvalue weighted by atomic mass is 10.2. The molecule has 0 aliphatic heterocycles. The second-order valence-corrected chi connectivity index (χ2v) is 6.93. The van der Waals surface area contributed by atoms with Crippen molar-refractivity contribution in [2.75, 3.05) is 11.9 Å². The van der Waals surface area contributed by atoms with Crippen molar-refractivity contribution in [3.63, 3.8) is 0 Å². The van der Waals surface area contributed by atoms with Gasteiger partial charge in [-0.15, -0.1) is 11.3 Å². The molecule has 4 rings (SSSR count). The van der Waals surface area contributed by atoms with Crippen molar-refractivity contribution in [1.29, 1.82) is 0 Å². The first-order chi connectivity index (χ1) is 12.2. The number of hydrogen-bond donors (Lipinski definition) is 1. The van der Waals surface area contributed by atoms with E-state index in [1.165, 1.54) is 0 Å². The summed E-state index contributed by atoms with van der Waals surface area (Å²) < 4.78 is 0. The van der Waals surface area contributed by atoms with Gasteiger partial charge in [-0.2, -0.15) is 0 Å². The normalized spacial score (nSPS) is 10.9. The number of rotatable bonds is 4. The number of aromatic amines is 1. The maximum atomic E-state index is 12.5. The second-order valence-electron chi connectivity index (χ2n) is 5.90. The standard InChI is InChI=1S/C20H17N3OS/c1-23(15-10-6-3-7-11-15)13-18-21-19(24)16-12-17(25-20(16)22-18)14-8-4-2-5-9-14/h2-12H,13H2,1H3,(H,21,22,24). The van der Waals surface area contributed by atoms with Crippen LogP contribution in [0.4, 0.5) is 5.69 Å². The molecule has 1 N–H and O–H groups in total. The van der Waals surface area contributed by atoms with Crippen LogP contribution in [-0.2, 0) is 6.54 Å². The summed E-state index contributed by atoms with van der Waals surface area (Å²) >= 11 is 1.55. The van der Waals surface area contributed by atoms with Crippen LogP contribution >= 0.6 is 11.3 Å². The molecular formula is C20H17N3OS. The minimum absolute atomic E-state index is 0.0834. The van der Waals surface area contributed by atoms with Crippen LogP contribution in [0.3, 0.4) is 0 Å². The van der Waals surface area contributed by atoms with Crippen molar-refractivity contribution >= 4 is 27.2 Å². The molecule has 0 saturated carbocycles. The zero-order valence-corrected chi connectivity index (χ0v) is 14.6. The van der Waals surface area contributed by atoms with Crippen LogP contribution in [0.1, 0.15) is 5.82 Å². The van der Waals surface area contributed by atoms with Gasteiger partial charge < -0.3 is 9.88 Å². The zero-order valence-electron chi connectivity index (χ0n) is 13.8. The zero-order chi connectivity index (χ0) is 17.2. The van der Waals surface area contributed by atoms with Crippen molar-refractivity contribution < 1.29 is 0 Å². The lowest BCUT2D eigenvalue weighted by Crippen LogP contribution is -2.21. The van der Waals surface area contributed by atoms with Gasteiger partial charge in [-0.3, -0.25) is 4.79 Å². The van der Waals surface area contributed by atoms with Gasteiger partial charge in [0.1, 0.15) is 10.7 Å². The molecule has 124 valence electrons. The van der Waals surface area contributed by atoms with E-state index in [2.05, 4.69) is 14.9 Å². The molecule has 4 nitrogen and oxygen atoms in total. The highest BCUT2D eigenvalue weighted by atomic mass is 32.1. The Hall–Kier alpha value is -2.92. The third kappa shape index (κ3) is 3.19. The Bertz CT molecular complexity index is 1050. The summed E-state index contributed by atoms with van der Waals surface area (Å²) in [6.45, 7) is 0.549. The number of fused-ring (bicyclic) bond motifs is 1. The van der Waals surface area contributed by atoms with E-state index >= 15 is 0 Å². The number of nitrogens with zero attached hydrogens (tertiary/aromatic N) is 2. The summed E-state index contributed by atoms with van der Waals surface area (Å²) in [5, 5.41) is 0.648. The molecule has 4 aromatic rings. The Morgan fingerprint density at radius 2 is 1.72 bits per heavy atom. The fourth-order valence-corrected chi connectivity index (χ4v) is 3.85. The van der Waals surface area contributed by atoms with Gasteiger partial charge in [-0.05, 0) is 23.8 Å². The molecule has 0 saturated heterocycles. The Morgan fingerprint density at radius 3 is 2.44 bits per heavy atom. The minimum Gasteiger partial charge on any atom is -0.367 e. The van der Waals surface area contributed by atoms with Crippen molar-refractivity contribution in [3.05, 3.63) is 82.9 Å². The van der Waals surface area contributed by atoms with E-state index in [0.717, 1.165) is 21.0 Å². The summed E-state index contributed by atoms with van der Waals surface area (Å²) in [5.41, 5.74) is 2.11. The highest BCUT2D eigenvalue weighted by Crippen LogP contribution is 2.30. The van der Waals surface area contributed by atoms with E-state index in [0.29, 0.717) is 17.8 Å². The van der Waals surface area contributed by atoms with E-state index in [9.17, 15) is 4.79 Å². The third-order valence-electron chi connectivity index (χ3n) is 4.09. The van der Waals surface area contributed by atoms with E-state index < -0.39 is 0 Å². The van der Waals surface area contributed by atoms with E-state index in [-0.39, 0.29) is 5.56 Å². The smallest absolute Gasteiger partial charge is 0.259 e. The van der Waals surface area contributed by atoms with Gasteiger partial charge in [0.15, 0.2) is 0 Å². The Labute approximate surface area is 149 Å². The van der Waals surface area contributed by atoms with Crippen LogP contribution in [0, 0.1) is 0 Å². The predicted octanol–water partition coefficient (Wildman–Crippen LogP) is 4.29. The lowest BCUT2D eigenvalue weighted by molar-refractivity contribution is 0.842. The van der Waals surface area contributed by atoms with Gasteiger partial charge in [0.25, 0.3) is 5.56 Å². The summed E-state index contributed by atoms with van der Waals surface area (Å²) in [5.74, 6) is 0.672. The molecule has 0 radical (unpaired) electrons. The molecule has 0 unspecified atom stereocenters. The first kappa shape index (κ1) is 15.6. The van der Waals surface area contributed by atoms with Crippen molar-refractivity contribution in [2.45, 2.75) is 6.54 Å². The number of benzene rings is 2. The minimum atomic E-state index is -0.0834. The largest absolute Gasteiger partial charge is 0.367 e. The van der Waals surface area contributed by atoms with Crippen molar-refractivity contribution in [3.8, 4) is 10.4 Å². The molecular weight excluding hydrogens is 330 g/mol. The Morgan fingerprint density at radius 1 is 1.04 bits per heavy atom. The number of aromatic nitrogens is 2. The molecule has 0 fully saturated rings. The van der Waals surface area contributed by atoms with Crippen molar-refractivity contribution in [2.24, 2.45) is 0 Å². The first-order valence-corrected chi connectivity index (χ1v) is 8.87. The van der Waals surface area contributed by atoms with Crippen LogP contribution < -0.4 is 10.5 Å². The second kappa shape index (κ2) is 6.53. The van der Waals surface area contributed by atoms with E-state index in [1.54, 1.807) is 11.3 Å². The number of para-hydroxylation sites is 1. The van der Waals surface area contributed by atoms with Crippen LogP contribution in [0.25, 0.3) is 20.7 Å². The van der Waals surface area contributed by atoms with Gasteiger partial charge in [0.2, 0.25) is 0 Å². The molecule has 0 aliphatic rings. The van der Waals surface area contributed by atoms with E-state index in [4.69, 9.17) is 0 Å². The monoisotopic (exact) mass is 347 g/mol. The number of thiophene rings is 1. The average Bonchev–Trinajstić information content (AvgIpc) is 3.08. The van der Waals surface area contributed by atoms with Gasteiger partial charge in [0.05, 0.1) is 11.9 Å². The molecule has 2 aromatic heterocycles. The molecule has 0 aliphatic carbocycles. The van der Waals surface area contributed by atoms with Gasteiger partial charge in [0, 0.05) is 17.6 Å². The number of H-pyrrole nitrogens is 1. The molecule has 0 atom stereocenters. The number of anilines is 1. The van der Waals surface area contributed by atoms with Crippen LogP contribution in [0.15, 0.2) is 71.5 Å². The molecule has 2 heterocycles. The molecule has 0 spiro atoms. The lowest BCUT2D eigenvalue weighted by Gasteiger charge is -2.18. The topological polar surface area (TPSA) is 49.0 Å². The summed E-state index contributed by atoms with van der Waals surface area (Å²) in [7, 11) is 1.99. The Kier molecular flexibility index (Phi) is 4.07. The fourth-order valence-electron chi connectivity index (χ4n) is 2.79. The van der Waals surface area contributed by atoms with Crippen LogP contribution in [0.2, 0.25) is 0 Å². The molecule has 25 heavy (non-hydrogen) atoms. The maximum absolute atomic E-state index is 12.5. The summed E-state index contributed by atoms with van der Waals surface area (Å²) in [6, 6.07) is 22.0. The number of nitrogens with one attached hydrogen (secondary N) is 1. The highest BCUT2D eigenvalue weighted by molar-refractivity contribution is 7.21. The summed E-state index contributed by atoms with van der Waals surface area (Å²) in [4.78, 5) is 23.9. The van der Waals surface area contributed by atoms with Gasteiger partial charge in [-0.25, -0.2) is 4.98 Å². The number of hydrogen-bond acceptors (Lipinski definition) is 4. The molecule has 2 aromatic carbocycles. The van der Waals surface area contributed by atoms with Gasteiger partial charge >= 0.3 is 0 Å². The quantitative estimate of drug-likeness (QED) is 0.599. The summed E-state index contributed by atoms with van der Waals surface area (Å²) in [6.07, 6.45) is 0. The molecule has 0 amide bonds. The van der Waals surface area contributed by atoms with Crippen LogP contribution in [0.5, 0.6) is 0 Å². The van der Waals surface area contributed by atoms with E-state index in [1.807, 2.05) is 73.8 Å². The molecule has 5 heteroatoms. The highest BCUT2D eigenvalue weighted by Gasteiger charge is 2.11. The first-order valence-electron chi connectivity index (χ1n) is 8.05. The third-order valence-corrected chi connectivity index (χ3v) is 5.17. The Balaban J connectivity index is 1.69. The molecule has 0 bridgehead atoms. The van der Waals surface area contributed by atoms with Crippen molar-refractivity contribution in [1.82, 2.24) is 9.97 Å².